The zero-order valence-electron chi connectivity index (χ0n) is 26.2. The van der Waals surface area contributed by atoms with Gasteiger partial charge in [0, 0.05) is 44.2 Å². The second kappa shape index (κ2) is 17.0. The molecule has 0 atom stereocenters. The number of carbonyl (C=O) groups excluding carboxylic acids is 1. The number of nitrogens with zero attached hydrogens (tertiary/aromatic N) is 1. The van der Waals surface area contributed by atoms with Crippen LogP contribution in [0.4, 0.5) is 0 Å². The fourth-order valence-corrected chi connectivity index (χ4v) is 5.91. The second-order valence-corrected chi connectivity index (χ2v) is 11.8. The molecule has 0 saturated heterocycles. The number of carbonyl (C=O) groups is 1. The van der Waals surface area contributed by atoms with Gasteiger partial charge in [0.15, 0.2) is 5.78 Å². The molecule has 1 aliphatic carbocycles. The summed E-state index contributed by atoms with van der Waals surface area (Å²) in [5.74, 6) is 1.81. The minimum Gasteiger partial charge on any atom is -0.512 e. The number of rotatable bonds is 10. The maximum atomic E-state index is 11.7. The van der Waals surface area contributed by atoms with E-state index >= 15 is 0 Å². The monoisotopic (exact) mass is 733 g/mol. The quantitative estimate of drug-likeness (QED) is 0.128. The summed E-state index contributed by atoms with van der Waals surface area (Å²) in [5, 5.41) is 12.3. The third-order valence-electron chi connectivity index (χ3n) is 8.64. The van der Waals surface area contributed by atoms with E-state index in [9.17, 15) is 9.90 Å². The van der Waals surface area contributed by atoms with Crippen LogP contribution < -0.4 is 0 Å². The Labute approximate surface area is 262 Å². The van der Waals surface area contributed by atoms with Gasteiger partial charge >= 0.3 is 0 Å². The molecule has 4 heteroatoms. The van der Waals surface area contributed by atoms with Crippen molar-refractivity contribution < 1.29 is 30.0 Å². The molecule has 1 N–H and O–H groups in total. The first-order valence-electron chi connectivity index (χ1n) is 15.6. The fraction of sp³-hybridized carbons (Fsp3) is 0.514. The van der Waals surface area contributed by atoms with Gasteiger partial charge in [0.1, 0.15) is 0 Å². The molecule has 1 aromatic heterocycles. The molecule has 1 radical (unpaired) electrons. The Kier molecular flexibility index (Phi) is 14.5. The van der Waals surface area contributed by atoms with Gasteiger partial charge in [0.2, 0.25) is 0 Å². The van der Waals surface area contributed by atoms with Crippen LogP contribution in [0.15, 0.2) is 54.4 Å². The molecule has 1 fully saturated rings. The maximum absolute atomic E-state index is 11.7. The maximum Gasteiger partial charge on any atom is 0.162 e. The summed E-state index contributed by atoms with van der Waals surface area (Å²) >= 11 is 0. The van der Waals surface area contributed by atoms with Crippen LogP contribution >= 0.6 is 0 Å². The van der Waals surface area contributed by atoms with E-state index in [1.165, 1.54) is 59.2 Å². The summed E-state index contributed by atoms with van der Waals surface area (Å²) in [6.07, 6.45) is 12.2. The molecule has 0 bridgehead atoms. The molecular weight excluding hydrogens is 683 g/mol. The number of ketones is 1. The number of aryl methyl sites for hydroxylation is 1. The molecule has 3 nitrogen and oxygen atoms in total. The molecule has 1 aliphatic rings. The zero-order chi connectivity index (χ0) is 29.2. The van der Waals surface area contributed by atoms with E-state index in [2.05, 4.69) is 63.2 Å². The molecule has 41 heavy (non-hydrogen) atoms. The van der Waals surface area contributed by atoms with Crippen molar-refractivity contribution in [1.29, 1.82) is 0 Å². The van der Waals surface area contributed by atoms with E-state index in [4.69, 9.17) is 4.98 Å². The number of aromatic nitrogens is 1. The van der Waals surface area contributed by atoms with Gasteiger partial charge in [-0.25, -0.2) is 0 Å². The normalized spacial score (nSPS) is 14.0. The van der Waals surface area contributed by atoms with Crippen LogP contribution in [0, 0.1) is 24.8 Å². The van der Waals surface area contributed by atoms with Crippen molar-refractivity contribution in [2.24, 2.45) is 11.8 Å². The molecule has 1 saturated carbocycles. The standard InChI is InChI=1S/C24H26N.C13H24O2.Ir/c1-16(2)19-8-9-23-20(14-19)10-11-25-24(23)22-13-17(3)12-21(15-22)18-6-4-5-7-18;1-5-10(6-2)12(14)9-13(15)11(7-3)8-4;/h8-12,14-16,18H,4-7H2,1-3H3;9-11,14H,5-8H2,1-4H3;/q-1;;/b;12-9-;. The van der Waals surface area contributed by atoms with E-state index in [1.807, 2.05) is 33.9 Å². The summed E-state index contributed by atoms with van der Waals surface area (Å²) in [7, 11) is 0. The number of benzene rings is 2. The van der Waals surface area contributed by atoms with Crippen LogP contribution in [0.25, 0.3) is 22.0 Å². The summed E-state index contributed by atoms with van der Waals surface area (Å²) in [5.41, 5.74) is 6.28. The number of allylic oxidation sites excluding steroid dienone is 2. The third kappa shape index (κ3) is 9.35. The Hall–Kier alpha value is -2.29. The van der Waals surface area contributed by atoms with Crippen molar-refractivity contribution in [1.82, 2.24) is 4.98 Å². The van der Waals surface area contributed by atoms with Crippen molar-refractivity contribution >= 4 is 16.6 Å². The van der Waals surface area contributed by atoms with E-state index in [-0.39, 0.29) is 43.5 Å². The van der Waals surface area contributed by atoms with E-state index in [0.29, 0.717) is 5.92 Å². The van der Waals surface area contributed by atoms with Gasteiger partial charge in [-0.15, -0.1) is 34.9 Å². The Bertz CT molecular complexity index is 1280. The van der Waals surface area contributed by atoms with Gasteiger partial charge in [0.05, 0.1) is 5.76 Å². The summed E-state index contributed by atoms with van der Waals surface area (Å²) < 4.78 is 0. The Morgan fingerprint density at radius 2 is 1.61 bits per heavy atom. The van der Waals surface area contributed by atoms with Crippen molar-refractivity contribution in [3.63, 3.8) is 0 Å². The van der Waals surface area contributed by atoms with Gasteiger partial charge in [-0.05, 0) is 78.5 Å². The number of hydrogen-bond donors (Lipinski definition) is 1. The molecule has 225 valence electrons. The average Bonchev–Trinajstić information content (AvgIpc) is 3.49. The minimum atomic E-state index is 0. The smallest absolute Gasteiger partial charge is 0.162 e. The van der Waals surface area contributed by atoms with Crippen molar-refractivity contribution in [3.05, 3.63) is 77.2 Å². The van der Waals surface area contributed by atoms with Crippen LogP contribution in [0.5, 0.6) is 0 Å². The molecule has 4 rings (SSSR count). The number of hydrogen-bond acceptors (Lipinski definition) is 3. The van der Waals surface area contributed by atoms with Crippen LogP contribution in [-0.4, -0.2) is 15.9 Å². The van der Waals surface area contributed by atoms with Crippen molar-refractivity contribution in [2.75, 3.05) is 0 Å². The second-order valence-electron chi connectivity index (χ2n) is 11.8. The molecule has 0 amide bonds. The molecule has 3 aromatic rings. The van der Waals surface area contributed by atoms with E-state index in [0.717, 1.165) is 42.9 Å². The zero-order valence-corrected chi connectivity index (χ0v) is 28.6. The van der Waals surface area contributed by atoms with Gasteiger partial charge in [-0.3, -0.25) is 4.79 Å². The number of fused-ring (bicyclic) bond motifs is 1. The van der Waals surface area contributed by atoms with Crippen LogP contribution in [-0.2, 0) is 24.9 Å². The van der Waals surface area contributed by atoms with Gasteiger partial charge in [-0.2, -0.15) is 0 Å². The molecular formula is C37H50IrNO2-. The fourth-order valence-electron chi connectivity index (χ4n) is 5.91. The summed E-state index contributed by atoms with van der Waals surface area (Å²) in [6.45, 7) is 14.7. The number of aliphatic hydroxyl groups is 1. The number of pyridine rings is 1. The van der Waals surface area contributed by atoms with E-state index < -0.39 is 0 Å². The first kappa shape index (κ1) is 34.9. The first-order valence-corrected chi connectivity index (χ1v) is 15.6. The molecule has 2 aromatic carbocycles. The molecule has 0 aliphatic heterocycles. The topological polar surface area (TPSA) is 50.2 Å². The number of aliphatic hydroxyl groups excluding tert-OH is 1. The van der Waals surface area contributed by atoms with Crippen LogP contribution in [0.1, 0.15) is 121 Å². The van der Waals surface area contributed by atoms with Gasteiger partial charge < -0.3 is 10.1 Å². The predicted octanol–water partition coefficient (Wildman–Crippen LogP) is 10.7. The van der Waals surface area contributed by atoms with Crippen LogP contribution in [0.2, 0.25) is 0 Å². The first-order chi connectivity index (χ1) is 19.2. The minimum absolute atomic E-state index is 0. The van der Waals surface area contributed by atoms with Gasteiger partial charge in [-0.1, -0.05) is 79.5 Å². The Morgan fingerprint density at radius 1 is 0.976 bits per heavy atom. The summed E-state index contributed by atoms with van der Waals surface area (Å²) in [4.78, 5) is 16.4. The summed E-state index contributed by atoms with van der Waals surface area (Å²) in [6, 6.07) is 17.1. The van der Waals surface area contributed by atoms with Crippen molar-refractivity contribution in [2.45, 2.75) is 112 Å². The predicted molar refractivity (Wildman–Crippen MR) is 170 cm³/mol. The van der Waals surface area contributed by atoms with E-state index in [1.54, 1.807) is 0 Å². The Balaban J connectivity index is 0.000000320. The van der Waals surface area contributed by atoms with Crippen molar-refractivity contribution in [3.8, 4) is 11.3 Å². The molecule has 1 heterocycles. The molecule has 0 unspecified atom stereocenters. The SMILES string of the molecule is CCC(CC)C(=O)/C=C(\O)C(CC)CC.Cc1[c-]c(-c2nccc3cc(C(C)C)ccc23)cc(C2CCCC2)c1.[Ir]. The van der Waals surface area contributed by atoms with Gasteiger partial charge in [0.25, 0.3) is 0 Å². The Morgan fingerprint density at radius 3 is 2.20 bits per heavy atom. The third-order valence-corrected chi connectivity index (χ3v) is 8.64. The largest absolute Gasteiger partial charge is 0.512 e. The molecule has 0 spiro atoms. The van der Waals surface area contributed by atoms with Crippen LogP contribution in [0.3, 0.4) is 0 Å². The average molecular weight is 733 g/mol.